The minimum atomic E-state index is -0.817. The molecule has 166 valence electrons. The number of hydrogen-bond donors (Lipinski definition) is 2. The monoisotopic (exact) mass is 466 g/mol. The van der Waals surface area contributed by atoms with Gasteiger partial charge in [0.05, 0.1) is 22.9 Å². The van der Waals surface area contributed by atoms with Crippen LogP contribution in [0.4, 0.5) is 0 Å². The molecule has 8 heteroatoms. The Kier molecular flexibility index (Phi) is 5.24. The lowest BCUT2D eigenvalue weighted by Gasteiger charge is -2.29. The SMILES string of the molecule is N#CC1=C(N)Oc2c(c(=O)n(-c3ccccc3)c(=S)n2-c2ccccc2)C1c1ccc(O)cc1. The van der Waals surface area contributed by atoms with E-state index in [1.54, 1.807) is 28.8 Å². The van der Waals surface area contributed by atoms with Crippen molar-refractivity contribution in [1.29, 1.82) is 5.26 Å². The number of phenolic OH excluding ortho intramolecular Hbond substituents is 1. The van der Waals surface area contributed by atoms with E-state index in [1.165, 1.54) is 16.7 Å². The van der Waals surface area contributed by atoms with Gasteiger partial charge in [0.2, 0.25) is 11.8 Å². The second kappa shape index (κ2) is 8.39. The average molecular weight is 467 g/mol. The van der Waals surface area contributed by atoms with Crippen LogP contribution in [0.15, 0.2) is 101 Å². The Hall–Kier alpha value is -4.61. The van der Waals surface area contributed by atoms with Crippen molar-refractivity contribution < 1.29 is 9.84 Å². The van der Waals surface area contributed by atoms with E-state index < -0.39 is 11.5 Å². The number of aromatic hydroxyl groups is 1. The van der Waals surface area contributed by atoms with Crippen molar-refractivity contribution in [3.8, 4) is 29.1 Å². The number of fused-ring (bicyclic) bond motifs is 1. The molecule has 1 aliphatic heterocycles. The number of nitrogens with two attached hydrogens (primary N) is 1. The van der Waals surface area contributed by atoms with Crippen molar-refractivity contribution in [3.05, 3.63) is 123 Å². The minimum Gasteiger partial charge on any atom is -0.508 e. The van der Waals surface area contributed by atoms with Crippen LogP contribution < -0.4 is 16.0 Å². The molecule has 2 heterocycles. The van der Waals surface area contributed by atoms with Gasteiger partial charge in [-0.15, -0.1) is 0 Å². The molecule has 0 radical (unpaired) electrons. The van der Waals surface area contributed by atoms with E-state index in [9.17, 15) is 15.2 Å². The van der Waals surface area contributed by atoms with Gasteiger partial charge >= 0.3 is 0 Å². The molecule has 1 atom stereocenters. The Morgan fingerprint density at radius 3 is 2.03 bits per heavy atom. The first-order valence-corrected chi connectivity index (χ1v) is 10.8. The van der Waals surface area contributed by atoms with Crippen LogP contribution in [0.5, 0.6) is 11.6 Å². The molecular formula is C26H18N4O3S. The van der Waals surface area contributed by atoms with E-state index in [0.29, 0.717) is 16.9 Å². The van der Waals surface area contributed by atoms with Crippen molar-refractivity contribution >= 4 is 12.2 Å². The Balaban J connectivity index is 1.94. The molecular weight excluding hydrogens is 448 g/mol. The second-order valence-electron chi connectivity index (χ2n) is 7.66. The predicted octanol–water partition coefficient (Wildman–Crippen LogP) is 4.28. The zero-order valence-electron chi connectivity index (χ0n) is 17.8. The van der Waals surface area contributed by atoms with E-state index in [-0.39, 0.29) is 33.4 Å². The maximum absolute atomic E-state index is 14.0. The molecule has 0 bridgehead atoms. The van der Waals surface area contributed by atoms with E-state index in [2.05, 4.69) is 6.07 Å². The molecule has 1 unspecified atom stereocenters. The summed E-state index contributed by atoms with van der Waals surface area (Å²) in [7, 11) is 0. The minimum absolute atomic E-state index is 0.0634. The van der Waals surface area contributed by atoms with Gasteiger partial charge in [0.15, 0.2) is 4.77 Å². The molecule has 0 aliphatic carbocycles. The summed E-state index contributed by atoms with van der Waals surface area (Å²) in [6.07, 6.45) is 0. The molecule has 5 rings (SSSR count). The average Bonchev–Trinajstić information content (AvgIpc) is 2.85. The second-order valence-corrected chi connectivity index (χ2v) is 8.03. The van der Waals surface area contributed by atoms with Crippen LogP contribution in [0.3, 0.4) is 0 Å². The summed E-state index contributed by atoms with van der Waals surface area (Å²) >= 11 is 5.79. The first-order chi connectivity index (χ1) is 16.5. The third-order valence-electron chi connectivity index (χ3n) is 5.67. The molecule has 0 spiro atoms. The predicted molar refractivity (Wildman–Crippen MR) is 130 cm³/mol. The zero-order chi connectivity index (χ0) is 23.8. The normalized spacial score (nSPS) is 14.7. The molecule has 0 saturated heterocycles. The summed E-state index contributed by atoms with van der Waals surface area (Å²) in [6, 6.07) is 26.7. The maximum atomic E-state index is 14.0. The van der Waals surface area contributed by atoms with Crippen LogP contribution in [0.1, 0.15) is 17.0 Å². The van der Waals surface area contributed by atoms with Gasteiger partial charge in [0, 0.05) is 0 Å². The molecule has 1 aliphatic rings. The van der Waals surface area contributed by atoms with E-state index in [1.807, 2.05) is 48.5 Å². The number of nitrogens with zero attached hydrogens (tertiary/aromatic N) is 3. The van der Waals surface area contributed by atoms with Crippen molar-refractivity contribution in [1.82, 2.24) is 9.13 Å². The number of ether oxygens (including phenoxy) is 1. The van der Waals surface area contributed by atoms with Gasteiger partial charge in [-0.3, -0.25) is 13.9 Å². The van der Waals surface area contributed by atoms with Gasteiger partial charge in [-0.2, -0.15) is 5.26 Å². The fourth-order valence-corrected chi connectivity index (χ4v) is 4.51. The maximum Gasteiger partial charge on any atom is 0.266 e. The molecule has 1 aromatic heterocycles. The highest BCUT2D eigenvalue weighted by atomic mass is 32.1. The van der Waals surface area contributed by atoms with Crippen LogP contribution in [0.25, 0.3) is 11.4 Å². The number of rotatable bonds is 3. The van der Waals surface area contributed by atoms with Gasteiger partial charge in [-0.1, -0.05) is 48.5 Å². The number of hydrogen-bond acceptors (Lipinski definition) is 6. The first kappa shape index (κ1) is 21.2. The molecule has 0 fully saturated rings. The number of allylic oxidation sites excluding steroid dienone is 1. The highest BCUT2D eigenvalue weighted by Crippen LogP contribution is 2.41. The fourth-order valence-electron chi connectivity index (χ4n) is 4.13. The number of benzene rings is 3. The Bertz CT molecular complexity index is 1580. The van der Waals surface area contributed by atoms with Crippen molar-refractivity contribution in [2.24, 2.45) is 5.73 Å². The van der Waals surface area contributed by atoms with E-state index >= 15 is 0 Å². The molecule has 3 N–H and O–H groups in total. The molecule has 0 saturated carbocycles. The van der Waals surface area contributed by atoms with Gasteiger partial charge in [0.1, 0.15) is 17.4 Å². The van der Waals surface area contributed by atoms with Crippen molar-refractivity contribution in [3.63, 3.8) is 0 Å². The van der Waals surface area contributed by atoms with Crippen LogP contribution in [-0.4, -0.2) is 14.2 Å². The lowest BCUT2D eigenvalue weighted by Crippen LogP contribution is -2.34. The summed E-state index contributed by atoms with van der Waals surface area (Å²) in [6.45, 7) is 0. The Morgan fingerprint density at radius 2 is 1.47 bits per heavy atom. The standard InChI is InChI=1S/C26H18N4O3S/c27-15-20-21(16-11-13-19(31)14-12-16)22-24(32)29(17-7-3-1-4-8-17)26(34)30(25(22)33-23(20)28)18-9-5-2-6-10-18/h1-14,21,31H,28H2. The van der Waals surface area contributed by atoms with Crippen LogP contribution in [0, 0.1) is 16.1 Å². The zero-order valence-corrected chi connectivity index (χ0v) is 18.6. The number of phenols is 1. The summed E-state index contributed by atoms with van der Waals surface area (Å²) in [5.41, 5.74) is 7.95. The fraction of sp³-hybridized carbons (Fsp3) is 0.0385. The number of aromatic nitrogens is 2. The van der Waals surface area contributed by atoms with E-state index in [0.717, 1.165) is 0 Å². The van der Waals surface area contributed by atoms with Crippen molar-refractivity contribution in [2.75, 3.05) is 0 Å². The lowest BCUT2D eigenvalue weighted by molar-refractivity contribution is 0.361. The molecule has 0 amide bonds. The molecule has 34 heavy (non-hydrogen) atoms. The largest absolute Gasteiger partial charge is 0.508 e. The topological polar surface area (TPSA) is 106 Å². The smallest absolute Gasteiger partial charge is 0.266 e. The summed E-state index contributed by atoms with van der Waals surface area (Å²) in [5.74, 6) is -0.706. The number of nitriles is 1. The Morgan fingerprint density at radius 1 is 0.912 bits per heavy atom. The first-order valence-electron chi connectivity index (χ1n) is 10.4. The summed E-state index contributed by atoms with van der Waals surface area (Å²) in [4.78, 5) is 14.0. The van der Waals surface area contributed by atoms with Gasteiger partial charge in [-0.05, 0) is 54.2 Å². The molecule has 4 aromatic rings. The van der Waals surface area contributed by atoms with Gasteiger partial charge in [0.25, 0.3) is 5.56 Å². The lowest BCUT2D eigenvalue weighted by atomic mass is 9.85. The number of para-hydroxylation sites is 2. The highest BCUT2D eigenvalue weighted by molar-refractivity contribution is 7.71. The third-order valence-corrected chi connectivity index (χ3v) is 6.04. The molecule has 3 aromatic carbocycles. The summed E-state index contributed by atoms with van der Waals surface area (Å²) < 4.78 is 9.18. The van der Waals surface area contributed by atoms with Crippen LogP contribution in [-0.2, 0) is 0 Å². The van der Waals surface area contributed by atoms with E-state index in [4.69, 9.17) is 22.7 Å². The third kappa shape index (κ3) is 3.36. The van der Waals surface area contributed by atoms with Crippen molar-refractivity contribution in [2.45, 2.75) is 5.92 Å². The van der Waals surface area contributed by atoms with Crippen LogP contribution in [0.2, 0.25) is 0 Å². The molecule has 7 nitrogen and oxygen atoms in total. The van der Waals surface area contributed by atoms with Gasteiger partial charge in [-0.25, -0.2) is 0 Å². The Labute approximate surface area is 199 Å². The van der Waals surface area contributed by atoms with Crippen LogP contribution >= 0.6 is 12.2 Å². The van der Waals surface area contributed by atoms with Gasteiger partial charge < -0.3 is 15.6 Å². The summed E-state index contributed by atoms with van der Waals surface area (Å²) in [5, 5.41) is 19.7. The quantitative estimate of drug-likeness (QED) is 0.437. The highest BCUT2D eigenvalue weighted by Gasteiger charge is 2.36.